The third-order valence-corrected chi connectivity index (χ3v) is 4.76. The molecule has 0 N–H and O–H groups in total. The molecule has 1 saturated heterocycles. The van der Waals surface area contributed by atoms with E-state index in [2.05, 4.69) is 6.92 Å². The van der Waals surface area contributed by atoms with Gasteiger partial charge in [0.15, 0.2) is 5.78 Å². The summed E-state index contributed by atoms with van der Waals surface area (Å²) < 4.78 is 0. The zero-order chi connectivity index (χ0) is 14.4. The molecule has 0 saturated carbocycles. The van der Waals surface area contributed by atoms with Gasteiger partial charge in [-0.1, -0.05) is 26.8 Å². The quantitative estimate of drug-likeness (QED) is 0.668. The van der Waals surface area contributed by atoms with Crippen LogP contribution in [0.3, 0.4) is 0 Å². The first-order valence-corrected chi connectivity index (χ1v) is 6.65. The van der Waals surface area contributed by atoms with E-state index in [1.807, 2.05) is 24.8 Å². The number of nitrogens with zero attached hydrogens (tertiary/aromatic N) is 2. The van der Waals surface area contributed by atoms with Crippen molar-refractivity contribution in [1.29, 1.82) is 5.26 Å². The number of likely N-dealkylation sites (tertiary alicyclic amines) is 1. The fourth-order valence-corrected chi connectivity index (χ4v) is 3.80. The van der Waals surface area contributed by atoms with Gasteiger partial charge in [-0.25, -0.2) is 0 Å². The number of ketones is 1. The molecule has 1 aliphatic carbocycles. The molecule has 0 unspecified atom stereocenters. The first-order chi connectivity index (χ1) is 8.72. The maximum absolute atomic E-state index is 12.3. The predicted molar refractivity (Wildman–Crippen MR) is 71.0 cm³/mol. The number of allylic oxidation sites excluding steroid dienone is 1. The number of amides is 1. The van der Waals surface area contributed by atoms with Gasteiger partial charge in [-0.2, -0.15) is 5.26 Å². The van der Waals surface area contributed by atoms with Gasteiger partial charge in [0, 0.05) is 30.8 Å². The second-order valence-corrected chi connectivity index (χ2v) is 6.51. The fourth-order valence-electron chi connectivity index (χ4n) is 3.80. The monoisotopic (exact) mass is 260 g/mol. The molecular formula is C15H20N2O2. The van der Waals surface area contributed by atoms with E-state index in [0.29, 0.717) is 13.1 Å². The Labute approximate surface area is 114 Å². The molecule has 2 atom stereocenters. The van der Waals surface area contributed by atoms with E-state index in [0.717, 1.165) is 6.42 Å². The Morgan fingerprint density at radius 2 is 2.11 bits per heavy atom. The van der Waals surface area contributed by atoms with Crippen LogP contribution in [-0.2, 0) is 9.59 Å². The average molecular weight is 260 g/mol. The largest absolute Gasteiger partial charge is 0.342 e. The Bertz CT molecular complexity index is 513. The maximum atomic E-state index is 12.3. The van der Waals surface area contributed by atoms with Gasteiger partial charge in [0.1, 0.15) is 6.07 Å². The standard InChI is InChI=1S/C15H20N2O2/c1-10(18)17-6-5-12-14(2,3)13(19)11(8-16)7-15(12,4)9-17/h7,12H,5-6,9H2,1-4H3/t12-,15+/m1/s1. The number of rotatable bonds is 0. The number of carbonyl (C=O) groups is 2. The van der Waals surface area contributed by atoms with E-state index in [1.165, 1.54) is 0 Å². The summed E-state index contributed by atoms with van der Waals surface area (Å²) in [6.45, 7) is 8.75. The molecule has 1 amide bonds. The molecule has 19 heavy (non-hydrogen) atoms. The number of nitriles is 1. The van der Waals surface area contributed by atoms with Gasteiger partial charge in [-0.05, 0) is 12.3 Å². The summed E-state index contributed by atoms with van der Waals surface area (Å²) in [5.74, 6) is 0.176. The van der Waals surface area contributed by atoms with Gasteiger partial charge < -0.3 is 4.90 Å². The highest BCUT2D eigenvalue weighted by atomic mass is 16.2. The summed E-state index contributed by atoms with van der Waals surface area (Å²) in [5.41, 5.74) is -0.571. The average Bonchev–Trinajstić information content (AvgIpc) is 2.33. The maximum Gasteiger partial charge on any atom is 0.219 e. The molecule has 0 spiro atoms. The van der Waals surface area contributed by atoms with Crippen LogP contribution in [-0.4, -0.2) is 29.7 Å². The number of fused-ring (bicyclic) bond motifs is 1. The molecule has 2 rings (SSSR count). The molecule has 2 aliphatic rings. The van der Waals surface area contributed by atoms with Crippen LogP contribution < -0.4 is 0 Å². The highest BCUT2D eigenvalue weighted by molar-refractivity contribution is 6.04. The summed E-state index contributed by atoms with van der Waals surface area (Å²) in [6, 6.07) is 2.02. The molecule has 0 bridgehead atoms. The van der Waals surface area contributed by atoms with E-state index < -0.39 is 5.41 Å². The number of Topliss-reactive ketones (excluding diaryl/α,β-unsaturated/α-hetero) is 1. The fraction of sp³-hybridized carbons (Fsp3) is 0.667. The Kier molecular flexibility index (Phi) is 3.04. The van der Waals surface area contributed by atoms with Crippen molar-refractivity contribution in [3.8, 4) is 6.07 Å². The van der Waals surface area contributed by atoms with Gasteiger partial charge in [0.2, 0.25) is 5.91 Å². The van der Waals surface area contributed by atoms with Crippen molar-refractivity contribution in [3.63, 3.8) is 0 Å². The van der Waals surface area contributed by atoms with Crippen LogP contribution in [0.5, 0.6) is 0 Å². The van der Waals surface area contributed by atoms with E-state index >= 15 is 0 Å². The lowest BCUT2D eigenvalue weighted by molar-refractivity contribution is -0.139. The Morgan fingerprint density at radius 1 is 1.47 bits per heavy atom. The lowest BCUT2D eigenvalue weighted by Gasteiger charge is -2.52. The Hall–Kier alpha value is -1.63. The molecule has 4 heteroatoms. The zero-order valence-corrected chi connectivity index (χ0v) is 12.0. The molecule has 1 fully saturated rings. The van der Waals surface area contributed by atoms with Crippen molar-refractivity contribution in [1.82, 2.24) is 4.90 Å². The van der Waals surface area contributed by atoms with Crippen LogP contribution in [0, 0.1) is 28.1 Å². The zero-order valence-electron chi connectivity index (χ0n) is 12.0. The molecular weight excluding hydrogens is 240 g/mol. The van der Waals surface area contributed by atoms with Crippen LogP contribution in [0.25, 0.3) is 0 Å². The van der Waals surface area contributed by atoms with Crippen molar-refractivity contribution in [3.05, 3.63) is 11.6 Å². The Morgan fingerprint density at radius 3 is 2.63 bits per heavy atom. The highest BCUT2D eigenvalue weighted by Crippen LogP contribution is 2.51. The third-order valence-electron chi connectivity index (χ3n) is 4.76. The molecule has 102 valence electrons. The van der Waals surface area contributed by atoms with Crippen LogP contribution in [0.15, 0.2) is 11.6 Å². The SMILES string of the molecule is CC(=O)N1CC[C@@H]2C(C)(C)C(=O)C(C#N)=C[C@@]2(C)C1. The molecule has 4 nitrogen and oxygen atoms in total. The van der Waals surface area contributed by atoms with E-state index in [4.69, 9.17) is 5.26 Å². The second-order valence-electron chi connectivity index (χ2n) is 6.51. The summed E-state index contributed by atoms with van der Waals surface area (Å²) >= 11 is 0. The molecule has 0 radical (unpaired) electrons. The topological polar surface area (TPSA) is 61.2 Å². The lowest BCUT2D eigenvalue weighted by atomic mass is 9.55. The van der Waals surface area contributed by atoms with Gasteiger partial charge >= 0.3 is 0 Å². The van der Waals surface area contributed by atoms with Crippen molar-refractivity contribution in [2.45, 2.75) is 34.1 Å². The summed E-state index contributed by atoms with van der Waals surface area (Å²) in [7, 11) is 0. The molecule has 0 aromatic carbocycles. The first-order valence-electron chi connectivity index (χ1n) is 6.65. The van der Waals surface area contributed by atoms with Gasteiger partial charge in [0.05, 0.1) is 5.57 Å². The van der Waals surface area contributed by atoms with Crippen LogP contribution in [0.4, 0.5) is 0 Å². The van der Waals surface area contributed by atoms with Crippen LogP contribution in [0.1, 0.15) is 34.1 Å². The van der Waals surface area contributed by atoms with E-state index in [1.54, 1.807) is 13.0 Å². The smallest absolute Gasteiger partial charge is 0.219 e. The molecule has 1 aliphatic heterocycles. The number of hydrogen-bond acceptors (Lipinski definition) is 3. The van der Waals surface area contributed by atoms with Gasteiger partial charge in [0.25, 0.3) is 0 Å². The van der Waals surface area contributed by atoms with Crippen molar-refractivity contribution >= 4 is 11.7 Å². The minimum absolute atomic E-state index is 0.0567. The van der Waals surface area contributed by atoms with Crippen molar-refractivity contribution < 1.29 is 9.59 Å². The number of piperidine rings is 1. The number of hydrogen-bond donors (Lipinski definition) is 0. The van der Waals surface area contributed by atoms with Gasteiger partial charge in [-0.3, -0.25) is 9.59 Å². The summed E-state index contributed by atoms with van der Waals surface area (Å²) in [5, 5.41) is 9.15. The predicted octanol–water partition coefficient (Wildman–Crippen LogP) is 1.92. The van der Waals surface area contributed by atoms with Gasteiger partial charge in [-0.15, -0.1) is 0 Å². The second kappa shape index (κ2) is 4.19. The number of carbonyl (C=O) groups excluding carboxylic acids is 2. The molecule has 1 heterocycles. The molecule has 0 aromatic rings. The van der Waals surface area contributed by atoms with E-state index in [-0.39, 0.29) is 28.6 Å². The Balaban J connectivity index is 2.47. The van der Waals surface area contributed by atoms with Crippen molar-refractivity contribution in [2.75, 3.05) is 13.1 Å². The van der Waals surface area contributed by atoms with Crippen LogP contribution >= 0.6 is 0 Å². The minimum Gasteiger partial charge on any atom is -0.342 e. The van der Waals surface area contributed by atoms with E-state index in [9.17, 15) is 9.59 Å². The summed E-state index contributed by atoms with van der Waals surface area (Å²) in [4.78, 5) is 25.7. The highest BCUT2D eigenvalue weighted by Gasteiger charge is 2.53. The lowest BCUT2D eigenvalue weighted by Crippen LogP contribution is -2.56. The van der Waals surface area contributed by atoms with Crippen LogP contribution in [0.2, 0.25) is 0 Å². The first kappa shape index (κ1) is 13.8. The normalized spacial score (nSPS) is 33.2. The summed E-state index contributed by atoms with van der Waals surface area (Å²) in [6.07, 6.45) is 2.60. The van der Waals surface area contributed by atoms with Crippen molar-refractivity contribution in [2.24, 2.45) is 16.7 Å². The third kappa shape index (κ3) is 1.98. The molecule has 0 aromatic heterocycles. The minimum atomic E-state index is -0.530.